The second-order valence-electron chi connectivity index (χ2n) is 7.40. The summed E-state index contributed by atoms with van der Waals surface area (Å²) in [5, 5.41) is 0.477. The van der Waals surface area contributed by atoms with E-state index in [1.54, 1.807) is 30.7 Å². The highest BCUT2D eigenvalue weighted by Crippen LogP contribution is 2.29. The number of ether oxygens (including phenoxy) is 1. The predicted molar refractivity (Wildman–Crippen MR) is 116 cm³/mol. The van der Waals surface area contributed by atoms with E-state index >= 15 is 0 Å². The molecule has 0 saturated carbocycles. The number of anilines is 1. The Hall–Kier alpha value is -3.00. The second-order valence-corrected chi connectivity index (χ2v) is 8.40. The van der Waals surface area contributed by atoms with Gasteiger partial charge in [-0.25, -0.2) is 9.78 Å². The largest absolute Gasteiger partial charge is 0.451 e. The van der Waals surface area contributed by atoms with Crippen molar-refractivity contribution in [3.05, 3.63) is 57.0 Å². The zero-order valence-corrected chi connectivity index (χ0v) is 17.8. The Balaban J connectivity index is 1.55. The van der Waals surface area contributed by atoms with Crippen LogP contribution in [0.25, 0.3) is 10.2 Å². The number of thiophene rings is 1. The predicted octanol–water partition coefficient (Wildman–Crippen LogP) is 3.31. The molecule has 3 heterocycles. The van der Waals surface area contributed by atoms with Crippen molar-refractivity contribution in [1.29, 1.82) is 0 Å². The lowest BCUT2D eigenvalue weighted by Crippen LogP contribution is -2.31. The van der Waals surface area contributed by atoms with Crippen LogP contribution in [0.2, 0.25) is 0 Å². The number of amides is 1. The van der Waals surface area contributed by atoms with Gasteiger partial charge in [-0.2, -0.15) is 0 Å². The van der Waals surface area contributed by atoms with Crippen molar-refractivity contribution in [2.24, 2.45) is 0 Å². The zero-order valence-electron chi connectivity index (χ0n) is 17.0. The number of hydrogen-bond acceptors (Lipinski definition) is 6. The minimum atomic E-state index is -0.607. The topological polar surface area (TPSA) is 81.5 Å². The molecule has 0 saturated heterocycles. The van der Waals surface area contributed by atoms with Crippen LogP contribution in [0.5, 0.6) is 0 Å². The molecule has 0 radical (unpaired) electrons. The molecule has 3 aromatic rings. The molecule has 1 aromatic carbocycles. The fraction of sp³-hybridized carbons (Fsp3) is 0.364. The van der Waals surface area contributed by atoms with Crippen LogP contribution in [0.3, 0.4) is 0 Å². The maximum Gasteiger partial charge on any atom is 0.349 e. The van der Waals surface area contributed by atoms with E-state index in [1.165, 1.54) is 4.90 Å². The van der Waals surface area contributed by atoms with Gasteiger partial charge in [0.25, 0.3) is 11.5 Å². The summed E-state index contributed by atoms with van der Waals surface area (Å²) in [4.78, 5) is 45.0. The van der Waals surface area contributed by atoms with Gasteiger partial charge in [-0.15, -0.1) is 11.3 Å². The summed E-state index contributed by atoms with van der Waals surface area (Å²) >= 11 is 1.16. The highest BCUT2D eigenvalue weighted by molar-refractivity contribution is 7.20. The number of benzene rings is 1. The molecule has 1 aliphatic heterocycles. The number of aromatic nitrogens is 2. The lowest BCUT2D eigenvalue weighted by atomic mass is 10.2. The van der Waals surface area contributed by atoms with Crippen LogP contribution in [-0.2, 0) is 22.5 Å². The molecule has 0 unspecified atom stereocenters. The van der Waals surface area contributed by atoms with E-state index in [-0.39, 0.29) is 18.1 Å². The van der Waals surface area contributed by atoms with Crippen molar-refractivity contribution in [3.8, 4) is 0 Å². The smallest absolute Gasteiger partial charge is 0.349 e. The molecule has 30 heavy (non-hydrogen) atoms. The van der Waals surface area contributed by atoms with Crippen LogP contribution in [-0.4, -0.2) is 35.1 Å². The summed E-state index contributed by atoms with van der Waals surface area (Å²) in [6.07, 6.45) is 3.81. The van der Waals surface area contributed by atoms with E-state index in [2.05, 4.69) is 4.98 Å². The third-order valence-corrected chi connectivity index (χ3v) is 6.61. The summed E-state index contributed by atoms with van der Waals surface area (Å²) in [5.74, 6) is -0.158. The van der Waals surface area contributed by atoms with Gasteiger partial charge in [0.2, 0.25) is 0 Å². The summed E-state index contributed by atoms with van der Waals surface area (Å²) < 4.78 is 7.01. The van der Waals surface area contributed by atoms with Crippen LogP contribution >= 0.6 is 11.3 Å². The molecule has 4 rings (SSSR count). The lowest BCUT2D eigenvalue weighted by Gasteiger charge is -2.16. The number of fused-ring (bicyclic) bond motifs is 2. The molecule has 0 fully saturated rings. The molecule has 7 nitrogen and oxygen atoms in total. The Kier molecular flexibility index (Phi) is 5.67. The highest BCUT2D eigenvalue weighted by atomic mass is 32.1. The van der Waals surface area contributed by atoms with E-state index in [9.17, 15) is 14.4 Å². The fourth-order valence-corrected chi connectivity index (χ4v) is 4.77. The number of esters is 1. The Bertz CT molecular complexity index is 1170. The number of likely N-dealkylation sites (N-methyl/N-ethyl adjacent to an activating group) is 1. The third kappa shape index (κ3) is 3.75. The van der Waals surface area contributed by atoms with Crippen LogP contribution in [0, 0.1) is 6.92 Å². The van der Waals surface area contributed by atoms with Gasteiger partial charge in [-0.3, -0.25) is 14.2 Å². The van der Waals surface area contributed by atoms with Gasteiger partial charge in [0.1, 0.15) is 15.5 Å². The molecule has 0 N–H and O–H groups in total. The Morgan fingerprint density at radius 3 is 2.73 bits per heavy atom. The van der Waals surface area contributed by atoms with Gasteiger partial charge in [0, 0.05) is 25.7 Å². The first-order chi connectivity index (χ1) is 14.5. The summed E-state index contributed by atoms with van der Waals surface area (Å²) in [7, 11) is 1.63. The van der Waals surface area contributed by atoms with Gasteiger partial charge in [0.05, 0.1) is 5.39 Å². The number of carbonyl (C=O) groups excluding carboxylic acids is 2. The van der Waals surface area contributed by atoms with E-state index < -0.39 is 5.97 Å². The van der Waals surface area contributed by atoms with Crippen LogP contribution < -0.4 is 10.5 Å². The summed E-state index contributed by atoms with van der Waals surface area (Å²) in [6, 6.07) is 9.14. The van der Waals surface area contributed by atoms with Gasteiger partial charge in [0.15, 0.2) is 6.61 Å². The number of nitrogens with zero attached hydrogens (tertiary/aromatic N) is 3. The first-order valence-electron chi connectivity index (χ1n) is 9.99. The van der Waals surface area contributed by atoms with Crippen molar-refractivity contribution in [2.75, 3.05) is 18.6 Å². The Labute approximate surface area is 177 Å². The molecule has 2 aromatic heterocycles. The average Bonchev–Trinajstić information content (AvgIpc) is 2.93. The van der Waals surface area contributed by atoms with Crippen LogP contribution in [0.4, 0.5) is 5.69 Å². The standard InChI is InChI=1S/C22H23N3O4S/c1-14-18-20(23-16-11-7-4-8-12-25(16)21(18)27)30-19(14)22(28)29-13-17(26)24(2)15-9-5-3-6-10-15/h3,5-6,9-10H,4,7-8,11-13H2,1-2H3. The quantitative estimate of drug-likeness (QED) is 0.599. The van der Waals surface area contributed by atoms with Crippen molar-refractivity contribution in [2.45, 2.75) is 39.2 Å². The number of hydrogen-bond donors (Lipinski definition) is 0. The maximum atomic E-state index is 13.0. The Morgan fingerprint density at radius 2 is 1.97 bits per heavy atom. The van der Waals surface area contributed by atoms with Gasteiger partial charge < -0.3 is 9.64 Å². The highest BCUT2D eigenvalue weighted by Gasteiger charge is 2.24. The van der Waals surface area contributed by atoms with Crippen LogP contribution in [0.15, 0.2) is 35.1 Å². The first-order valence-corrected chi connectivity index (χ1v) is 10.8. The normalized spacial score (nSPS) is 13.5. The van der Waals surface area contributed by atoms with Crippen molar-refractivity contribution < 1.29 is 14.3 Å². The minimum Gasteiger partial charge on any atom is -0.451 e. The SMILES string of the molecule is Cc1c(C(=O)OCC(=O)N(C)c2ccccc2)sc2nc3n(c(=O)c12)CCCCC3. The van der Waals surface area contributed by atoms with Crippen molar-refractivity contribution in [1.82, 2.24) is 9.55 Å². The number of rotatable bonds is 4. The van der Waals surface area contributed by atoms with E-state index in [0.29, 0.717) is 27.2 Å². The number of carbonyl (C=O) groups is 2. The third-order valence-electron chi connectivity index (χ3n) is 5.44. The molecule has 0 spiro atoms. The molecule has 8 heteroatoms. The molecular formula is C22H23N3O4S. The molecule has 0 atom stereocenters. The van der Waals surface area contributed by atoms with Crippen molar-refractivity contribution >= 4 is 39.1 Å². The van der Waals surface area contributed by atoms with E-state index in [0.717, 1.165) is 48.5 Å². The first kappa shape index (κ1) is 20.3. The van der Waals surface area contributed by atoms with Crippen LogP contribution in [0.1, 0.15) is 40.3 Å². The van der Waals surface area contributed by atoms with Gasteiger partial charge >= 0.3 is 5.97 Å². The minimum absolute atomic E-state index is 0.0930. The molecule has 1 aliphatic rings. The van der Waals surface area contributed by atoms with Gasteiger partial charge in [-0.1, -0.05) is 24.6 Å². The molecular weight excluding hydrogens is 402 g/mol. The average molecular weight is 426 g/mol. The summed E-state index contributed by atoms with van der Waals surface area (Å²) in [6.45, 7) is 2.02. The maximum absolute atomic E-state index is 13.0. The van der Waals surface area contributed by atoms with Crippen molar-refractivity contribution in [3.63, 3.8) is 0 Å². The molecule has 156 valence electrons. The molecule has 1 amide bonds. The zero-order chi connectivity index (χ0) is 21.3. The monoisotopic (exact) mass is 425 g/mol. The fourth-order valence-electron chi connectivity index (χ4n) is 3.69. The number of aryl methyl sites for hydroxylation is 2. The van der Waals surface area contributed by atoms with E-state index in [4.69, 9.17) is 4.74 Å². The Morgan fingerprint density at radius 1 is 1.20 bits per heavy atom. The molecule has 0 bridgehead atoms. The second kappa shape index (κ2) is 8.39. The van der Waals surface area contributed by atoms with Gasteiger partial charge in [-0.05, 0) is 37.5 Å². The molecule has 0 aliphatic carbocycles. The summed E-state index contributed by atoms with van der Waals surface area (Å²) in [5.41, 5.74) is 1.20. The lowest BCUT2D eigenvalue weighted by molar-refractivity contribution is -0.121. The van der Waals surface area contributed by atoms with E-state index in [1.807, 2.05) is 18.2 Å². The number of para-hydroxylation sites is 1.